The molecule has 3 nitrogen and oxygen atoms in total. The summed E-state index contributed by atoms with van der Waals surface area (Å²) in [4.78, 5) is 0. The maximum absolute atomic E-state index is 15.6. The zero-order chi connectivity index (χ0) is 36.0. The molecule has 256 valence electrons. The zero-order valence-corrected chi connectivity index (χ0v) is 27.7. The van der Waals surface area contributed by atoms with Crippen molar-refractivity contribution in [3.63, 3.8) is 0 Å². The summed E-state index contributed by atoms with van der Waals surface area (Å²) in [7, 11) is -1.93. The number of halogens is 4. The van der Waals surface area contributed by atoms with Crippen LogP contribution in [0.5, 0.6) is 5.75 Å². The van der Waals surface area contributed by atoms with E-state index in [1.807, 2.05) is 182 Å². The van der Waals surface area contributed by atoms with E-state index >= 15 is 4.39 Å². The van der Waals surface area contributed by atoms with Gasteiger partial charge in [0.2, 0.25) is 11.6 Å². The average Bonchev–Trinajstić information content (AvgIpc) is 3.22. The quantitative estimate of drug-likeness (QED) is 0.0419. The summed E-state index contributed by atoms with van der Waals surface area (Å²) in [5.74, 6) is -8.34. The lowest BCUT2D eigenvalue weighted by Crippen LogP contribution is -2.48. The smallest absolute Gasteiger partial charge is 0.509 e. The summed E-state index contributed by atoms with van der Waals surface area (Å²) in [6.45, 7) is 0. The minimum atomic E-state index is -2.03. The first-order valence-corrected chi connectivity index (χ1v) is 16.6. The Bertz CT molecular complexity index is 1890. The van der Waals surface area contributed by atoms with Gasteiger partial charge in [-0.25, -0.2) is 13.2 Å². The molecule has 0 radical (unpaired) electrons. The summed E-state index contributed by atoms with van der Waals surface area (Å²) >= 11 is 0. The van der Waals surface area contributed by atoms with Crippen molar-refractivity contribution in [2.24, 2.45) is 0 Å². The fourth-order valence-electron chi connectivity index (χ4n) is 6.55. The van der Waals surface area contributed by atoms with Crippen molar-refractivity contribution in [3.8, 4) is 5.75 Å². The van der Waals surface area contributed by atoms with Gasteiger partial charge in [0.05, 0.1) is 0 Å². The van der Waals surface area contributed by atoms with Gasteiger partial charge < -0.3 is 14.0 Å². The van der Waals surface area contributed by atoms with Crippen molar-refractivity contribution in [1.29, 1.82) is 0 Å². The molecule has 8 heteroatoms. The van der Waals surface area contributed by atoms with Crippen molar-refractivity contribution in [2.45, 2.75) is 11.2 Å². The first-order valence-electron chi connectivity index (χ1n) is 16.6. The summed E-state index contributed by atoms with van der Waals surface area (Å²) in [5.41, 5.74) is 0.836. The van der Waals surface area contributed by atoms with Crippen LogP contribution in [0.25, 0.3) is 0 Å². The van der Waals surface area contributed by atoms with Crippen molar-refractivity contribution in [2.75, 3.05) is 0 Å². The van der Waals surface area contributed by atoms with Gasteiger partial charge in [0.25, 0.3) is 0 Å². The average molecular weight is 695 g/mol. The first kappa shape index (κ1) is 34.5. The molecule has 0 aliphatic heterocycles. The van der Waals surface area contributed by atoms with Crippen molar-refractivity contribution in [3.05, 3.63) is 245 Å². The largest absolute Gasteiger partial charge is 0.715 e. The number of rotatable bonds is 12. The Kier molecular flexibility index (Phi) is 10.0. The van der Waals surface area contributed by atoms with E-state index in [0.717, 1.165) is 0 Å². The Morgan fingerprint density at radius 3 is 0.885 bits per heavy atom. The molecular weight excluding hydrogens is 663 g/mol. The van der Waals surface area contributed by atoms with Gasteiger partial charge in [0.15, 0.2) is 11.6 Å². The summed E-state index contributed by atoms with van der Waals surface area (Å²) in [5, 5.41) is 0. The molecule has 0 aliphatic rings. The van der Waals surface area contributed by atoms with E-state index < -0.39 is 47.5 Å². The molecule has 0 unspecified atom stereocenters. The highest BCUT2D eigenvalue weighted by atomic mass is 19.2. The third-order valence-corrected chi connectivity index (χ3v) is 8.92. The van der Waals surface area contributed by atoms with Crippen LogP contribution in [-0.4, -0.2) is 7.32 Å². The summed E-state index contributed by atoms with van der Waals surface area (Å²) < 4.78 is 79.9. The molecule has 0 N–H and O–H groups in total. The van der Waals surface area contributed by atoms with E-state index in [4.69, 9.17) is 14.0 Å². The molecule has 0 aliphatic carbocycles. The van der Waals surface area contributed by atoms with E-state index in [-0.39, 0.29) is 0 Å². The third-order valence-electron chi connectivity index (χ3n) is 8.92. The van der Waals surface area contributed by atoms with Gasteiger partial charge in [0, 0.05) is 6.07 Å². The van der Waals surface area contributed by atoms with Crippen LogP contribution < -0.4 is 4.65 Å². The Balaban J connectivity index is 1.52. The number of hydrogen-bond donors (Lipinski definition) is 0. The minimum Gasteiger partial charge on any atom is -0.509 e. The summed E-state index contributed by atoms with van der Waals surface area (Å²) in [6, 6.07) is 56.2. The highest BCUT2D eigenvalue weighted by Crippen LogP contribution is 2.45. The molecule has 0 bridgehead atoms. The lowest BCUT2D eigenvalue weighted by atomic mass is 9.77. The lowest BCUT2D eigenvalue weighted by molar-refractivity contribution is 0.0171. The van der Waals surface area contributed by atoms with Gasteiger partial charge in [-0.15, -0.1) is 0 Å². The molecule has 52 heavy (non-hydrogen) atoms. The van der Waals surface area contributed by atoms with Crippen LogP contribution in [0, 0.1) is 23.3 Å². The predicted molar refractivity (Wildman–Crippen MR) is 193 cm³/mol. The van der Waals surface area contributed by atoms with Gasteiger partial charge in [-0.1, -0.05) is 182 Å². The molecule has 0 aromatic heterocycles. The second-order valence-electron chi connectivity index (χ2n) is 12.0. The topological polar surface area (TPSA) is 27.7 Å². The standard InChI is InChI=1S/C44H31BF4O3/c46-38-31-39(41(48)42(49)40(38)47)50-45(51-43(32-19-7-1-8-20-32,33-21-9-2-10-22-33)34-23-11-3-12-24-34)52-44(35-25-13-4-14-26-35,36-27-15-5-16-28-36)37-29-17-6-18-30-37/h1-31H. The van der Waals surface area contributed by atoms with Gasteiger partial charge in [-0.05, 0) is 33.4 Å². The second-order valence-corrected chi connectivity index (χ2v) is 12.0. The first-order chi connectivity index (χ1) is 25.4. The van der Waals surface area contributed by atoms with E-state index in [1.54, 1.807) is 0 Å². The van der Waals surface area contributed by atoms with Crippen LogP contribution in [0.15, 0.2) is 188 Å². The SMILES string of the molecule is Fc1cc(OB(OC(c2ccccc2)(c2ccccc2)c2ccccc2)OC(c2ccccc2)(c2ccccc2)c2ccccc2)c(F)c(F)c1F. The number of hydrogen-bond acceptors (Lipinski definition) is 3. The number of benzene rings is 7. The highest BCUT2D eigenvalue weighted by Gasteiger charge is 2.50. The fraction of sp³-hybridized carbons (Fsp3) is 0.0455. The normalized spacial score (nSPS) is 11.6. The maximum Gasteiger partial charge on any atom is 0.715 e. The van der Waals surface area contributed by atoms with Gasteiger partial charge in [-0.2, -0.15) is 4.39 Å². The zero-order valence-electron chi connectivity index (χ0n) is 27.7. The van der Waals surface area contributed by atoms with Crippen LogP contribution in [0.3, 0.4) is 0 Å². The van der Waals surface area contributed by atoms with Crippen molar-refractivity contribution in [1.82, 2.24) is 0 Å². The lowest BCUT2D eigenvalue weighted by Gasteiger charge is -2.41. The molecule has 0 saturated heterocycles. The predicted octanol–water partition coefficient (Wildman–Crippen LogP) is 10.6. The Morgan fingerprint density at radius 1 is 0.346 bits per heavy atom. The second kappa shape index (κ2) is 15.1. The third kappa shape index (κ3) is 6.50. The molecule has 7 aromatic carbocycles. The van der Waals surface area contributed by atoms with Crippen molar-refractivity contribution >= 4 is 7.32 Å². The van der Waals surface area contributed by atoms with E-state index in [2.05, 4.69) is 0 Å². The molecule has 0 atom stereocenters. The Labute approximate surface area is 299 Å². The highest BCUT2D eigenvalue weighted by molar-refractivity contribution is 6.38. The Morgan fingerprint density at radius 2 is 0.615 bits per heavy atom. The van der Waals surface area contributed by atoms with Crippen LogP contribution >= 0.6 is 0 Å². The molecule has 0 amide bonds. The van der Waals surface area contributed by atoms with Gasteiger partial charge in [-0.3, -0.25) is 0 Å². The van der Waals surface area contributed by atoms with E-state index in [9.17, 15) is 13.2 Å². The van der Waals surface area contributed by atoms with E-state index in [1.165, 1.54) is 0 Å². The fourth-order valence-corrected chi connectivity index (χ4v) is 6.55. The minimum absolute atomic E-state index is 0.442. The molecule has 0 spiro atoms. The molecular formula is C44H31BF4O3. The molecule has 7 aromatic rings. The molecule has 7 rings (SSSR count). The monoisotopic (exact) mass is 694 g/mol. The van der Waals surface area contributed by atoms with Crippen LogP contribution in [0.1, 0.15) is 33.4 Å². The maximum atomic E-state index is 15.6. The molecule has 0 saturated carbocycles. The van der Waals surface area contributed by atoms with Crippen LogP contribution in [0.4, 0.5) is 17.6 Å². The van der Waals surface area contributed by atoms with Crippen molar-refractivity contribution < 1.29 is 31.5 Å². The molecule has 0 heterocycles. The molecule has 0 fully saturated rings. The van der Waals surface area contributed by atoms with E-state index in [0.29, 0.717) is 39.4 Å². The van der Waals surface area contributed by atoms with Gasteiger partial charge >= 0.3 is 7.32 Å². The summed E-state index contributed by atoms with van der Waals surface area (Å²) in [6.07, 6.45) is 0. The van der Waals surface area contributed by atoms with Crippen LogP contribution in [0.2, 0.25) is 0 Å². The van der Waals surface area contributed by atoms with Gasteiger partial charge in [0.1, 0.15) is 17.0 Å². The van der Waals surface area contributed by atoms with Crippen LogP contribution in [-0.2, 0) is 20.5 Å². The Hall–Kier alpha value is -5.96.